The molecule has 1 aromatic carbocycles. The number of ether oxygens (including phenoxy) is 1. The Hall–Kier alpha value is -1.29. The van der Waals surface area contributed by atoms with E-state index in [2.05, 4.69) is 22.8 Å². The van der Waals surface area contributed by atoms with Crippen LogP contribution in [0.1, 0.15) is 31.2 Å². The lowest BCUT2D eigenvalue weighted by molar-refractivity contribution is 0.235. The lowest BCUT2D eigenvalue weighted by Crippen LogP contribution is -2.44. The van der Waals surface area contributed by atoms with Crippen molar-refractivity contribution in [3.63, 3.8) is 0 Å². The average molecular weight is 276 g/mol. The molecule has 0 amide bonds. The molecule has 2 N–H and O–H groups in total. The van der Waals surface area contributed by atoms with Gasteiger partial charge in [0.15, 0.2) is 5.11 Å². The maximum atomic E-state index is 5.88. The van der Waals surface area contributed by atoms with Gasteiger partial charge in [0.2, 0.25) is 0 Å². The first-order valence-electron chi connectivity index (χ1n) is 7.10. The number of hydrogen-bond acceptors (Lipinski definition) is 2. The molecule has 1 saturated carbocycles. The molecule has 0 aromatic heterocycles. The third-order valence-corrected chi connectivity index (χ3v) is 4.16. The van der Waals surface area contributed by atoms with Crippen LogP contribution < -0.4 is 15.4 Å². The molecule has 0 radical (unpaired) electrons. The van der Waals surface area contributed by atoms with Crippen LogP contribution in [0.4, 0.5) is 0 Å². The van der Waals surface area contributed by atoms with Crippen LogP contribution in [0.25, 0.3) is 0 Å². The quantitative estimate of drug-likeness (QED) is 0.831. The summed E-state index contributed by atoms with van der Waals surface area (Å²) < 4.78 is 5.88. The van der Waals surface area contributed by atoms with Crippen LogP contribution in [0.15, 0.2) is 24.3 Å². The minimum atomic E-state index is 0.195. The van der Waals surface area contributed by atoms with Gasteiger partial charge in [-0.1, -0.05) is 31.0 Å². The molecule has 1 aromatic rings. The van der Waals surface area contributed by atoms with Crippen LogP contribution in [0, 0.1) is 0 Å². The lowest BCUT2D eigenvalue weighted by atomic mass is 10.1. The highest BCUT2D eigenvalue weighted by atomic mass is 32.1. The number of rotatable bonds is 3. The summed E-state index contributed by atoms with van der Waals surface area (Å²) in [6.45, 7) is 0.771. The highest BCUT2D eigenvalue weighted by Crippen LogP contribution is 2.27. The molecule has 1 atom stereocenters. The summed E-state index contributed by atoms with van der Waals surface area (Å²) in [5, 5.41) is 7.44. The van der Waals surface area contributed by atoms with Crippen molar-refractivity contribution < 1.29 is 4.74 Å². The van der Waals surface area contributed by atoms with Crippen molar-refractivity contribution >= 4 is 17.3 Å². The summed E-state index contributed by atoms with van der Waals surface area (Å²) in [6, 6.07) is 8.81. The first-order chi connectivity index (χ1) is 9.31. The molecule has 102 valence electrons. The molecular weight excluding hydrogens is 256 g/mol. The summed E-state index contributed by atoms with van der Waals surface area (Å²) in [4.78, 5) is 0. The Morgan fingerprint density at radius 3 is 2.84 bits per heavy atom. The molecule has 1 heterocycles. The molecule has 1 aliphatic heterocycles. The molecule has 3 rings (SSSR count). The van der Waals surface area contributed by atoms with Gasteiger partial charge in [-0.05, 0) is 36.7 Å². The van der Waals surface area contributed by atoms with E-state index in [4.69, 9.17) is 17.0 Å². The summed E-state index contributed by atoms with van der Waals surface area (Å²) in [5.74, 6) is 1.02. The molecule has 19 heavy (non-hydrogen) atoms. The predicted molar refractivity (Wildman–Crippen MR) is 80.6 cm³/mol. The number of nitrogens with one attached hydrogen (secondary N) is 2. The van der Waals surface area contributed by atoms with Gasteiger partial charge in [0.25, 0.3) is 0 Å². The van der Waals surface area contributed by atoms with E-state index in [1.165, 1.54) is 31.2 Å². The fourth-order valence-corrected chi connectivity index (χ4v) is 3.13. The Bertz CT molecular complexity index is 432. The molecule has 0 bridgehead atoms. The van der Waals surface area contributed by atoms with E-state index in [1.54, 1.807) is 0 Å². The summed E-state index contributed by atoms with van der Waals surface area (Å²) in [7, 11) is 0. The predicted octanol–water partition coefficient (Wildman–Crippen LogP) is 2.40. The SMILES string of the molecule is S=C(NCC1Cc2ccccc2O1)NC1CCCC1. The van der Waals surface area contributed by atoms with E-state index < -0.39 is 0 Å². The first kappa shape index (κ1) is 12.7. The van der Waals surface area contributed by atoms with Crippen molar-refractivity contribution in [2.24, 2.45) is 0 Å². The minimum Gasteiger partial charge on any atom is -0.488 e. The van der Waals surface area contributed by atoms with Gasteiger partial charge in [-0.15, -0.1) is 0 Å². The molecule has 0 spiro atoms. The number of para-hydroxylation sites is 1. The fraction of sp³-hybridized carbons (Fsp3) is 0.533. The van der Waals surface area contributed by atoms with Crippen molar-refractivity contribution in [2.45, 2.75) is 44.2 Å². The smallest absolute Gasteiger partial charge is 0.166 e. The maximum absolute atomic E-state index is 5.88. The zero-order valence-electron chi connectivity index (χ0n) is 11.0. The highest BCUT2D eigenvalue weighted by Gasteiger charge is 2.22. The van der Waals surface area contributed by atoms with Crippen LogP contribution >= 0.6 is 12.2 Å². The monoisotopic (exact) mass is 276 g/mol. The Morgan fingerprint density at radius 2 is 2.05 bits per heavy atom. The van der Waals surface area contributed by atoms with Crippen molar-refractivity contribution in [1.82, 2.24) is 10.6 Å². The standard InChI is InChI=1S/C15H20N2OS/c19-15(17-12-6-2-3-7-12)16-10-13-9-11-5-1-4-8-14(11)18-13/h1,4-5,8,12-13H,2-3,6-7,9-10H2,(H2,16,17,19). The van der Waals surface area contributed by atoms with Gasteiger partial charge in [-0.25, -0.2) is 0 Å². The Balaban J connectivity index is 1.42. The Kier molecular flexibility index (Phi) is 3.87. The third-order valence-electron chi connectivity index (χ3n) is 3.89. The fourth-order valence-electron chi connectivity index (χ4n) is 2.88. The summed E-state index contributed by atoms with van der Waals surface area (Å²) >= 11 is 5.33. The molecule has 1 fully saturated rings. The van der Waals surface area contributed by atoms with Crippen LogP contribution in [-0.4, -0.2) is 23.8 Å². The molecule has 4 heteroatoms. The molecule has 1 aliphatic carbocycles. The number of hydrogen-bond donors (Lipinski definition) is 2. The third kappa shape index (κ3) is 3.18. The van der Waals surface area contributed by atoms with Crippen LogP contribution in [0.2, 0.25) is 0 Å². The lowest BCUT2D eigenvalue weighted by Gasteiger charge is -2.17. The second-order valence-corrected chi connectivity index (χ2v) is 5.80. The average Bonchev–Trinajstić information content (AvgIpc) is 3.04. The highest BCUT2D eigenvalue weighted by molar-refractivity contribution is 7.80. The van der Waals surface area contributed by atoms with Crippen LogP contribution in [-0.2, 0) is 6.42 Å². The van der Waals surface area contributed by atoms with Gasteiger partial charge in [-0.2, -0.15) is 0 Å². The second-order valence-electron chi connectivity index (χ2n) is 5.39. The minimum absolute atomic E-state index is 0.195. The van der Waals surface area contributed by atoms with Gasteiger partial charge in [0, 0.05) is 12.5 Å². The van der Waals surface area contributed by atoms with Crippen molar-refractivity contribution in [3.8, 4) is 5.75 Å². The van der Waals surface area contributed by atoms with Crippen LogP contribution in [0.5, 0.6) is 5.75 Å². The van der Waals surface area contributed by atoms with E-state index in [9.17, 15) is 0 Å². The Morgan fingerprint density at radius 1 is 1.26 bits per heavy atom. The van der Waals surface area contributed by atoms with Gasteiger partial charge < -0.3 is 15.4 Å². The van der Waals surface area contributed by atoms with E-state index in [0.717, 1.165) is 23.8 Å². The topological polar surface area (TPSA) is 33.3 Å². The molecule has 0 saturated heterocycles. The van der Waals surface area contributed by atoms with Gasteiger partial charge in [0.05, 0.1) is 6.54 Å². The van der Waals surface area contributed by atoms with Gasteiger partial charge in [0.1, 0.15) is 11.9 Å². The van der Waals surface area contributed by atoms with Gasteiger partial charge in [-0.3, -0.25) is 0 Å². The van der Waals surface area contributed by atoms with Gasteiger partial charge >= 0.3 is 0 Å². The first-order valence-corrected chi connectivity index (χ1v) is 7.51. The van der Waals surface area contributed by atoms with Crippen molar-refractivity contribution in [1.29, 1.82) is 0 Å². The Labute approximate surface area is 119 Å². The molecule has 2 aliphatic rings. The molecular formula is C15H20N2OS. The van der Waals surface area contributed by atoms with E-state index >= 15 is 0 Å². The van der Waals surface area contributed by atoms with Crippen molar-refractivity contribution in [3.05, 3.63) is 29.8 Å². The summed E-state index contributed by atoms with van der Waals surface area (Å²) in [6.07, 6.45) is 6.29. The number of fused-ring (bicyclic) bond motifs is 1. The second kappa shape index (κ2) is 5.78. The molecule has 1 unspecified atom stereocenters. The molecule has 3 nitrogen and oxygen atoms in total. The van der Waals surface area contributed by atoms with Crippen molar-refractivity contribution in [2.75, 3.05) is 6.54 Å². The van der Waals surface area contributed by atoms with Crippen LogP contribution in [0.3, 0.4) is 0 Å². The zero-order valence-corrected chi connectivity index (χ0v) is 11.8. The number of benzene rings is 1. The van der Waals surface area contributed by atoms with E-state index in [0.29, 0.717) is 6.04 Å². The van der Waals surface area contributed by atoms with E-state index in [1.807, 2.05) is 12.1 Å². The largest absolute Gasteiger partial charge is 0.488 e. The van der Waals surface area contributed by atoms with E-state index in [-0.39, 0.29) is 6.10 Å². The normalized spacial score (nSPS) is 21.8. The maximum Gasteiger partial charge on any atom is 0.166 e. The number of thiocarbonyl (C=S) groups is 1. The zero-order chi connectivity index (χ0) is 13.1. The summed E-state index contributed by atoms with van der Waals surface area (Å²) in [5.41, 5.74) is 1.30.